The van der Waals surface area contributed by atoms with Crippen molar-refractivity contribution in [1.29, 1.82) is 0 Å². The van der Waals surface area contributed by atoms with Crippen molar-refractivity contribution in [2.24, 2.45) is 0 Å². The number of pyridine rings is 2. The van der Waals surface area contributed by atoms with E-state index in [0.29, 0.717) is 0 Å². The van der Waals surface area contributed by atoms with E-state index in [1.807, 2.05) is 18.2 Å². The summed E-state index contributed by atoms with van der Waals surface area (Å²) in [4.78, 5) is 9.22. The van der Waals surface area contributed by atoms with Crippen LogP contribution in [0.15, 0.2) is 95.7 Å². The highest BCUT2D eigenvalue weighted by Gasteiger charge is 2.42. The third-order valence-corrected chi connectivity index (χ3v) is 6.87. The lowest BCUT2D eigenvalue weighted by atomic mass is 9.86. The molecule has 0 N–H and O–H groups in total. The zero-order valence-corrected chi connectivity index (χ0v) is 18.4. The van der Waals surface area contributed by atoms with Crippen LogP contribution >= 0.6 is 0 Å². The van der Waals surface area contributed by atoms with Gasteiger partial charge in [-0.05, 0) is 61.4 Å². The fourth-order valence-electron chi connectivity index (χ4n) is 5.33. The molecule has 0 unspecified atom stereocenters. The van der Waals surface area contributed by atoms with Crippen LogP contribution in [0, 0.1) is 0 Å². The second kappa shape index (κ2) is 6.42. The molecule has 6 aromatic rings. The Kier molecular flexibility index (Phi) is 3.58. The van der Waals surface area contributed by atoms with Crippen molar-refractivity contribution >= 4 is 22.0 Å². The van der Waals surface area contributed by atoms with Gasteiger partial charge in [-0.3, -0.25) is 9.55 Å². The van der Waals surface area contributed by atoms with E-state index in [1.165, 1.54) is 16.7 Å². The van der Waals surface area contributed by atoms with E-state index >= 15 is 0 Å². The molecule has 0 spiro atoms. The predicted octanol–water partition coefficient (Wildman–Crippen LogP) is 7.14. The number of furan rings is 1. The number of rotatable bonds is 2. The summed E-state index contributed by atoms with van der Waals surface area (Å²) in [5, 5.41) is 1.10. The number of fused-ring (bicyclic) bond motifs is 7. The largest absolute Gasteiger partial charge is 0.457 e. The highest BCUT2D eigenvalue weighted by atomic mass is 16.3. The number of hydrogen-bond donors (Lipinski definition) is 0. The van der Waals surface area contributed by atoms with Gasteiger partial charge in [0.2, 0.25) is 0 Å². The summed E-state index contributed by atoms with van der Waals surface area (Å²) in [6.45, 7) is 4.49. The molecule has 1 aliphatic rings. The molecule has 0 saturated carbocycles. The van der Waals surface area contributed by atoms with Gasteiger partial charge in [0, 0.05) is 34.3 Å². The Balaban J connectivity index is 1.60. The van der Waals surface area contributed by atoms with Crippen molar-refractivity contribution in [3.8, 4) is 28.2 Å². The zero-order valence-electron chi connectivity index (χ0n) is 18.4. The van der Waals surface area contributed by atoms with E-state index in [2.05, 4.69) is 84.1 Å². The van der Waals surface area contributed by atoms with Crippen LogP contribution in [0.4, 0.5) is 0 Å². The minimum atomic E-state index is -0.191. The Bertz CT molecular complexity index is 1690. The third kappa shape index (κ3) is 2.40. The van der Waals surface area contributed by atoms with E-state index in [1.54, 1.807) is 12.4 Å². The number of para-hydroxylation sites is 1. The summed E-state index contributed by atoms with van der Waals surface area (Å²) in [6, 6.07) is 27.2. The Hall–Kier alpha value is -4.18. The van der Waals surface area contributed by atoms with Gasteiger partial charge in [-0.1, -0.05) is 42.5 Å². The predicted molar refractivity (Wildman–Crippen MR) is 132 cm³/mol. The molecule has 0 aliphatic heterocycles. The molecule has 33 heavy (non-hydrogen) atoms. The van der Waals surface area contributed by atoms with Crippen molar-refractivity contribution in [2.75, 3.05) is 0 Å². The Morgan fingerprint density at radius 3 is 2.48 bits per heavy atom. The number of nitrogens with zero attached hydrogens (tertiary/aromatic N) is 3. The van der Waals surface area contributed by atoms with Crippen LogP contribution < -0.4 is 0 Å². The smallest absolute Gasteiger partial charge is 0.161 e. The van der Waals surface area contributed by atoms with Gasteiger partial charge in [-0.15, -0.1) is 0 Å². The molecule has 0 bridgehead atoms. The molecule has 0 saturated heterocycles. The van der Waals surface area contributed by atoms with Crippen molar-refractivity contribution in [2.45, 2.75) is 19.3 Å². The summed E-state index contributed by atoms with van der Waals surface area (Å²) in [5.74, 6) is 1.90. The molecule has 4 aromatic heterocycles. The SMILES string of the molecule is CC1(C)c2ccccc2-c2c1oc1c3ccccc3n(-c3cccc(-c4ccncc4)n3)c21. The van der Waals surface area contributed by atoms with Gasteiger partial charge < -0.3 is 4.42 Å². The van der Waals surface area contributed by atoms with Gasteiger partial charge in [-0.25, -0.2) is 4.98 Å². The maximum absolute atomic E-state index is 6.68. The monoisotopic (exact) mass is 427 g/mol. The topological polar surface area (TPSA) is 43.9 Å². The molecular weight excluding hydrogens is 406 g/mol. The normalized spacial score (nSPS) is 14.0. The lowest BCUT2D eigenvalue weighted by Crippen LogP contribution is -2.14. The minimum Gasteiger partial charge on any atom is -0.457 e. The van der Waals surface area contributed by atoms with E-state index < -0.39 is 0 Å². The fraction of sp³-hybridized carbons (Fsp3) is 0.103. The number of aromatic nitrogens is 3. The van der Waals surface area contributed by atoms with E-state index in [-0.39, 0.29) is 5.41 Å². The average Bonchev–Trinajstić information content (AvgIpc) is 3.46. The van der Waals surface area contributed by atoms with Crippen molar-refractivity contribution in [3.63, 3.8) is 0 Å². The molecule has 0 amide bonds. The molecule has 4 heteroatoms. The first-order valence-corrected chi connectivity index (χ1v) is 11.2. The minimum absolute atomic E-state index is 0.191. The van der Waals surface area contributed by atoms with Gasteiger partial charge in [0.1, 0.15) is 17.1 Å². The number of benzene rings is 2. The van der Waals surface area contributed by atoms with Crippen LogP contribution in [0.2, 0.25) is 0 Å². The van der Waals surface area contributed by atoms with Crippen LogP contribution in [-0.4, -0.2) is 14.5 Å². The number of hydrogen-bond acceptors (Lipinski definition) is 3. The van der Waals surface area contributed by atoms with Gasteiger partial charge in [0.15, 0.2) is 5.58 Å². The molecule has 1 aliphatic carbocycles. The maximum Gasteiger partial charge on any atom is 0.161 e. The standard InChI is InChI=1S/C29H21N3O/c1-29(2)21-10-5-3-8-19(21)25-26-27(33-28(25)29)20-9-4-6-12-23(20)32(26)24-13-7-11-22(31-24)18-14-16-30-17-15-18/h3-17H,1-2H3. The fourth-order valence-corrected chi connectivity index (χ4v) is 5.33. The summed E-state index contributed by atoms with van der Waals surface area (Å²) in [5.41, 5.74) is 8.60. The molecule has 0 atom stereocenters. The second-order valence-electron chi connectivity index (χ2n) is 9.12. The summed E-state index contributed by atoms with van der Waals surface area (Å²) in [7, 11) is 0. The van der Waals surface area contributed by atoms with E-state index in [9.17, 15) is 0 Å². The van der Waals surface area contributed by atoms with Gasteiger partial charge in [0.25, 0.3) is 0 Å². The van der Waals surface area contributed by atoms with Crippen molar-refractivity contribution < 1.29 is 4.42 Å². The van der Waals surface area contributed by atoms with Crippen molar-refractivity contribution in [1.82, 2.24) is 14.5 Å². The maximum atomic E-state index is 6.68. The van der Waals surface area contributed by atoms with Gasteiger partial charge in [0.05, 0.1) is 11.2 Å². The van der Waals surface area contributed by atoms with Crippen LogP contribution in [0.25, 0.3) is 50.2 Å². The molecule has 7 rings (SSSR count). The molecule has 4 nitrogen and oxygen atoms in total. The Morgan fingerprint density at radius 1 is 0.818 bits per heavy atom. The average molecular weight is 428 g/mol. The lowest BCUT2D eigenvalue weighted by Gasteiger charge is -2.18. The zero-order chi connectivity index (χ0) is 22.2. The highest BCUT2D eigenvalue weighted by Crippen LogP contribution is 2.54. The Morgan fingerprint density at radius 2 is 1.61 bits per heavy atom. The molecule has 0 fully saturated rings. The second-order valence-corrected chi connectivity index (χ2v) is 9.12. The first-order valence-electron chi connectivity index (χ1n) is 11.2. The molecule has 4 heterocycles. The van der Waals surface area contributed by atoms with Gasteiger partial charge >= 0.3 is 0 Å². The summed E-state index contributed by atoms with van der Waals surface area (Å²) >= 11 is 0. The molecular formula is C29H21N3O. The van der Waals surface area contributed by atoms with Crippen LogP contribution in [-0.2, 0) is 5.41 Å². The molecule has 0 radical (unpaired) electrons. The van der Waals surface area contributed by atoms with E-state index in [0.717, 1.165) is 44.8 Å². The highest BCUT2D eigenvalue weighted by molar-refractivity contribution is 6.13. The third-order valence-electron chi connectivity index (χ3n) is 6.87. The van der Waals surface area contributed by atoms with Crippen LogP contribution in [0.3, 0.4) is 0 Å². The quantitative estimate of drug-likeness (QED) is 0.295. The first kappa shape index (κ1) is 18.4. The van der Waals surface area contributed by atoms with Crippen LogP contribution in [0.1, 0.15) is 25.2 Å². The molecule has 2 aromatic carbocycles. The first-order chi connectivity index (χ1) is 16.1. The van der Waals surface area contributed by atoms with Crippen molar-refractivity contribution in [3.05, 3.63) is 103 Å². The summed E-state index contributed by atoms with van der Waals surface area (Å²) in [6.07, 6.45) is 3.60. The summed E-state index contributed by atoms with van der Waals surface area (Å²) < 4.78 is 8.94. The Labute approximate surface area is 191 Å². The molecule has 158 valence electrons. The lowest BCUT2D eigenvalue weighted by molar-refractivity contribution is 0.466. The van der Waals surface area contributed by atoms with E-state index in [4.69, 9.17) is 9.40 Å². The van der Waals surface area contributed by atoms with Gasteiger partial charge in [-0.2, -0.15) is 0 Å². The van der Waals surface area contributed by atoms with Crippen LogP contribution in [0.5, 0.6) is 0 Å².